The largest absolute Gasteiger partial charge is 0.399 e. The van der Waals surface area contributed by atoms with E-state index in [2.05, 4.69) is 15.4 Å². The van der Waals surface area contributed by atoms with Crippen molar-refractivity contribution in [2.75, 3.05) is 17.6 Å². The van der Waals surface area contributed by atoms with E-state index in [9.17, 15) is 5.11 Å². The van der Waals surface area contributed by atoms with Gasteiger partial charge in [0, 0.05) is 12.2 Å². The van der Waals surface area contributed by atoms with E-state index < -0.39 is 6.10 Å². The molecule has 108 valence electrons. The molecule has 1 aromatic carbocycles. The summed E-state index contributed by atoms with van der Waals surface area (Å²) in [5.74, 6) is 0.803. The predicted octanol–water partition coefficient (Wildman–Crippen LogP) is 1.77. The molecule has 6 nitrogen and oxygen atoms in total. The first kappa shape index (κ1) is 13.4. The Bertz CT molecular complexity index is 750. The molecule has 0 spiro atoms. The van der Waals surface area contributed by atoms with E-state index in [4.69, 9.17) is 5.73 Å². The molecule has 0 saturated heterocycles. The maximum Gasteiger partial charge on any atom is 0.157 e. The Morgan fingerprint density at radius 1 is 1.29 bits per heavy atom. The van der Waals surface area contributed by atoms with Crippen LogP contribution in [0, 0.1) is 6.92 Å². The minimum absolute atomic E-state index is 0.377. The Morgan fingerprint density at radius 3 is 2.81 bits per heavy atom. The minimum atomic E-state index is -0.621. The Hall–Kier alpha value is -2.60. The summed E-state index contributed by atoms with van der Waals surface area (Å²) < 4.78 is 1.71. The van der Waals surface area contributed by atoms with Gasteiger partial charge in [-0.3, -0.25) is 0 Å². The van der Waals surface area contributed by atoms with Gasteiger partial charge in [0.1, 0.15) is 12.1 Å². The maximum atomic E-state index is 10.2. The first-order valence-electron chi connectivity index (χ1n) is 6.71. The van der Waals surface area contributed by atoms with Gasteiger partial charge in [0.2, 0.25) is 0 Å². The van der Waals surface area contributed by atoms with E-state index in [1.807, 2.05) is 31.2 Å². The molecule has 1 atom stereocenters. The third kappa shape index (κ3) is 2.80. The van der Waals surface area contributed by atoms with E-state index >= 15 is 0 Å². The number of nitrogens with one attached hydrogen (secondary N) is 1. The van der Waals surface area contributed by atoms with Crippen LogP contribution in [-0.4, -0.2) is 26.2 Å². The fraction of sp³-hybridized carbons (Fsp3) is 0.200. The van der Waals surface area contributed by atoms with Crippen molar-refractivity contribution >= 4 is 17.2 Å². The van der Waals surface area contributed by atoms with Crippen molar-refractivity contribution in [3.8, 4) is 0 Å². The monoisotopic (exact) mass is 283 g/mol. The van der Waals surface area contributed by atoms with Crippen LogP contribution in [-0.2, 0) is 0 Å². The molecule has 0 radical (unpaired) electrons. The second-order valence-corrected chi connectivity index (χ2v) is 5.01. The van der Waals surface area contributed by atoms with Gasteiger partial charge in [-0.2, -0.15) is 9.61 Å². The van der Waals surface area contributed by atoms with Crippen molar-refractivity contribution < 1.29 is 5.11 Å². The molecule has 0 saturated carbocycles. The van der Waals surface area contributed by atoms with Crippen molar-refractivity contribution in [3.05, 3.63) is 53.9 Å². The van der Waals surface area contributed by atoms with Crippen molar-refractivity contribution in [2.24, 2.45) is 0 Å². The molecule has 0 bridgehead atoms. The predicted molar refractivity (Wildman–Crippen MR) is 82.0 cm³/mol. The number of nitrogens with zero attached hydrogens (tertiary/aromatic N) is 3. The fourth-order valence-corrected chi connectivity index (χ4v) is 2.22. The highest BCUT2D eigenvalue weighted by Gasteiger charge is 2.09. The Morgan fingerprint density at radius 2 is 2.05 bits per heavy atom. The standard InChI is InChI=1S/C15H17N5O/c1-10-6-14(20-15(7-10)18-9-19-20)17-8-13(21)11-2-4-12(16)5-3-11/h2-7,9,13,17,21H,8,16H2,1H3. The van der Waals surface area contributed by atoms with Crippen LogP contribution < -0.4 is 11.1 Å². The summed E-state index contributed by atoms with van der Waals surface area (Å²) in [6.45, 7) is 2.37. The number of nitrogen functional groups attached to an aromatic ring is 1. The average molecular weight is 283 g/mol. The number of aromatic nitrogens is 3. The van der Waals surface area contributed by atoms with E-state index in [1.54, 1.807) is 16.6 Å². The quantitative estimate of drug-likeness (QED) is 0.635. The summed E-state index contributed by atoms with van der Waals surface area (Å²) in [4.78, 5) is 4.17. The van der Waals surface area contributed by atoms with Crippen molar-refractivity contribution in [1.82, 2.24) is 14.6 Å². The lowest BCUT2D eigenvalue weighted by molar-refractivity contribution is 0.191. The average Bonchev–Trinajstić information content (AvgIpc) is 2.93. The zero-order valence-electron chi connectivity index (χ0n) is 11.7. The van der Waals surface area contributed by atoms with Crippen LogP contribution in [0.3, 0.4) is 0 Å². The first-order chi connectivity index (χ1) is 10.1. The lowest BCUT2D eigenvalue weighted by Crippen LogP contribution is -2.14. The molecule has 0 aliphatic carbocycles. The Labute approximate surface area is 122 Å². The Kier molecular flexibility index (Phi) is 3.45. The van der Waals surface area contributed by atoms with Crippen LogP contribution in [0.5, 0.6) is 0 Å². The lowest BCUT2D eigenvalue weighted by Gasteiger charge is -2.14. The topological polar surface area (TPSA) is 88.5 Å². The van der Waals surface area contributed by atoms with Crippen molar-refractivity contribution in [3.63, 3.8) is 0 Å². The van der Waals surface area contributed by atoms with Gasteiger partial charge in [-0.25, -0.2) is 4.98 Å². The SMILES string of the molecule is Cc1cc(NCC(O)c2ccc(N)cc2)n2ncnc2c1. The van der Waals surface area contributed by atoms with Gasteiger partial charge in [-0.15, -0.1) is 0 Å². The van der Waals surface area contributed by atoms with Gasteiger partial charge >= 0.3 is 0 Å². The highest BCUT2D eigenvalue weighted by molar-refractivity contribution is 5.51. The number of fused-ring (bicyclic) bond motifs is 1. The van der Waals surface area contributed by atoms with E-state index in [-0.39, 0.29) is 0 Å². The zero-order valence-corrected chi connectivity index (χ0v) is 11.7. The number of nitrogens with two attached hydrogens (primary N) is 1. The minimum Gasteiger partial charge on any atom is -0.399 e. The van der Waals surface area contributed by atoms with E-state index in [0.717, 1.165) is 22.6 Å². The normalized spacial score (nSPS) is 12.5. The van der Waals surface area contributed by atoms with Crippen LogP contribution in [0.1, 0.15) is 17.2 Å². The molecule has 2 heterocycles. The lowest BCUT2D eigenvalue weighted by atomic mass is 10.1. The summed E-state index contributed by atoms with van der Waals surface area (Å²) in [6, 6.07) is 11.1. The summed E-state index contributed by atoms with van der Waals surface area (Å²) in [7, 11) is 0. The summed E-state index contributed by atoms with van der Waals surface area (Å²) in [5, 5.41) is 17.6. The molecule has 2 aromatic heterocycles. The molecule has 0 fully saturated rings. The molecule has 0 aliphatic heterocycles. The third-order valence-electron chi connectivity index (χ3n) is 3.32. The highest BCUT2D eigenvalue weighted by atomic mass is 16.3. The number of hydrogen-bond donors (Lipinski definition) is 3. The van der Waals surface area contributed by atoms with Crippen LogP contribution in [0.2, 0.25) is 0 Å². The number of benzene rings is 1. The molecule has 4 N–H and O–H groups in total. The first-order valence-corrected chi connectivity index (χ1v) is 6.71. The van der Waals surface area contributed by atoms with Gasteiger partial charge in [-0.05, 0) is 42.3 Å². The van der Waals surface area contributed by atoms with Gasteiger partial charge in [-0.1, -0.05) is 12.1 Å². The molecule has 0 aliphatic rings. The molecule has 1 unspecified atom stereocenters. The molecule has 3 rings (SSSR count). The molecule has 3 aromatic rings. The number of anilines is 2. The van der Waals surface area contributed by atoms with Crippen LogP contribution in [0.4, 0.5) is 11.5 Å². The van der Waals surface area contributed by atoms with Crippen molar-refractivity contribution in [2.45, 2.75) is 13.0 Å². The van der Waals surface area contributed by atoms with Gasteiger partial charge < -0.3 is 16.2 Å². The molecular formula is C15H17N5O. The number of hydrogen-bond acceptors (Lipinski definition) is 5. The van der Waals surface area contributed by atoms with Gasteiger partial charge in [0.05, 0.1) is 6.10 Å². The third-order valence-corrected chi connectivity index (χ3v) is 3.32. The van der Waals surface area contributed by atoms with Crippen LogP contribution >= 0.6 is 0 Å². The smallest absolute Gasteiger partial charge is 0.157 e. The fourth-order valence-electron chi connectivity index (χ4n) is 2.22. The molecular weight excluding hydrogens is 266 g/mol. The van der Waals surface area contributed by atoms with Gasteiger partial charge in [0.15, 0.2) is 5.65 Å². The van der Waals surface area contributed by atoms with Crippen molar-refractivity contribution in [1.29, 1.82) is 0 Å². The molecule has 6 heteroatoms. The second kappa shape index (κ2) is 5.41. The molecule has 21 heavy (non-hydrogen) atoms. The highest BCUT2D eigenvalue weighted by Crippen LogP contribution is 2.17. The number of pyridine rings is 1. The Balaban J connectivity index is 1.77. The van der Waals surface area contributed by atoms with E-state index in [1.165, 1.54) is 6.33 Å². The number of aliphatic hydroxyl groups is 1. The second-order valence-electron chi connectivity index (χ2n) is 5.01. The summed E-state index contributed by atoms with van der Waals surface area (Å²) in [6.07, 6.45) is 0.890. The number of rotatable bonds is 4. The summed E-state index contributed by atoms with van der Waals surface area (Å²) in [5.41, 5.74) is 9.00. The molecule has 0 amide bonds. The number of aliphatic hydroxyl groups excluding tert-OH is 1. The summed E-state index contributed by atoms with van der Waals surface area (Å²) >= 11 is 0. The maximum absolute atomic E-state index is 10.2. The van der Waals surface area contributed by atoms with Crippen LogP contribution in [0.25, 0.3) is 5.65 Å². The zero-order chi connectivity index (χ0) is 14.8. The van der Waals surface area contributed by atoms with Crippen LogP contribution in [0.15, 0.2) is 42.7 Å². The number of aryl methyl sites for hydroxylation is 1. The van der Waals surface area contributed by atoms with Gasteiger partial charge in [0.25, 0.3) is 0 Å². The van der Waals surface area contributed by atoms with E-state index in [0.29, 0.717) is 12.2 Å².